The predicted octanol–water partition coefficient (Wildman–Crippen LogP) is 3.15. The molecule has 0 bridgehead atoms. The molecule has 0 unspecified atom stereocenters. The van der Waals surface area contributed by atoms with Crippen molar-refractivity contribution < 1.29 is 4.79 Å². The maximum Gasteiger partial charge on any atom is 0.272 e. The van der Waals surface area contributed by atoms with E-state index in [0.29, 0.717) is 18.3 Å². The van der Waals surface area contributed by atoms with Crippen LogP contribution < -0.4 is 10.6 Å². The Morgan fingerprint density at radius 3 is 2.48 bits per heavy atom. The van der Waals surface area contributed by atoms with Gasteiger partial charge in [0, 0.05) is 12.6 Å². The molecule has 2 aromatic rings. The van der Waals surface area contributed by atoms with E-state index >= 15 is 0 Å². The monoisotopic (exact) mass is 310 g/mol. The number of hydrogen-bond donors (Lipinski definition) is 2. The summed E-state index contributed by atoms with van der Waals surface area (Å²) in [6, 6.07) is 13.8. The molecule has 1 aromatic heterocycles. The number of carbonyl (C=O) groups is 1. The molecule has 2 N–H and O–H groups in total. The molecule has 0 atom stereocenters. The zero-order valence-electron chi connectivity index (χ0n) is 13.2. The van der Waals surface area contributed by atoms with E-state index in [9.17, 15) is 4.79 Å². The second-order valence-electron chi connectivity index (χ2n) is 5.95. The van der Waals surface area contributed by atoms with Gasteiger partial charge in [0.1, 0.15) is 5.82 Å². The van der Waals surface area contributed by atoms with Crippen LogP contribution in [0.5, 0.6) is 0 Å². The van der Waals surface area contributed by atoms with Gasteiger partial charge in [-0.1, -0.05) is 49.6 Å². The molecule has 1 aromatic carbocycles. The van der Waals surface area contributed by atoms with Gasteiger partial charge in [-0.2, -0.15) is 0 Å². The van der Waals surface area contributed by atoms with Crippen LogP contribution in [0.4, 0.5) is 5.82 Å². The number of anilines is 1. The van der Waals surface area contributed by atoms with Crippen LogP contribution >= 0.6 is 0 Å². The average molecular weight is 310 g/mol. The quantitative estimate of drug-likeness (QED) is 0.890. The van der Waals surface area contributed by atoms with Crippen molar-refractivity contribution >= 4 is 11.7 Å². The lowest BCUT2D eigenvalue weighted by atomic mass is 9.95. The number of nitrogens with one attached hydrogen (secondary N) is 2. The van der Waals surface area contributed by atoms with Gasteiger partial charge < -0.3 is 10.6 Å². The van der Waals surface area contributed by atoms with Crippen molar-refractivity contribution in [3.63, 3.8) is 0 Å². The lowest BCUT2D eigenvalue weighted by Crippen LogP contribution is -2.25. The van der Waals surface area contributed by atoms with Crippen molar-refractivity contribution in [1.29, 1.82) is 0 Å². The van der Waals surface area contributed by atoms with Gasteiger partial charge in [-0.05, 0) is 30.5 Å². The highest BCUT2D eigenvalue weighted by atomic mass is 16.1. The number of amides is 1. The van der Waals surface area contributed by atoms with Crippen LogP contribution in [0.1, 0.15) is 48.2 Å². The zero-order valence-corrected chi connectivity index (χ0v) is 13.2. The molecule has 1 saturated carbocycles. The normalized spacial score (nSPS) is 15.1. The van der Waals surface area contributed by atoms with Gasteiger partial charge in [0.15, 0.2) is 5.69 Å². The third-order valence-electron chi connectivity index (χ3n) is 4.15. The van der Waals surface area contributed by atoms with Gasteiger partial charge >= 0.3 is 0 Å². The van der Waals surface area contributed by atoms with Crippen molar-refractivity contribution in [3.05, 3.63) is 53.7 Å². The molecule has 1 aliphatic carbocycles. The number of rotatable bonds is 5. The summed E-state index contributed by atoms with van der Waals surface area (Å²) in [6.07, 6.45) is 6.22. The van der Waals surface area contributed by atoms with Crippen LogP contribution in [0.15, 0.2) is 42.5 Å². The average Bonchev–Trinajstić information content (AvgIpc) is 2.62. The minimum absolute atomic E-state index is 0.203. The second-order valence-corrected chi connectivity index (χ2v) is 5.95. The molecule has 0 aliphatic heterocycles. The Bertz CT molecular complexity index is 621. The van der Waals surface area contributed by atoms with Gasteiger partial charge in [-0.15, -0.1) is 10.2 Å². The highest BCUT2D eigenvalue weighted by Crippen LogP contribution is 2.20. The van der Waals surface area contributed by atoms with Crippen LogP contribution in [-0.4, -0.2) is 22.1 Å². The molecule has 120 valence electrons. The van der Waals surface area contributed by atoms with Gasteiger partial charge in [0.05, 0.1) is 0 Å². The topological polar surface area (TPSA) is 66.9 Å². The molecule has 1 fully saturated rings. The number of nitrogens with zero attached hydrogens (tertiary/aromatic N) is 2. The van der Waals surface area contributed by atoms with E-state index in [-0.39, 0.29) is 5.91 Å². The SMILES string of the molecule is O=C(NCc1ccccc1)c1ccc(NC2CCCCC2)nn1. The molecule has 3 rings (SSSR count). The fraction of sp³-hybridized carbons (Fsp3) is 0.389. The van der Waals surface area contributed by atoms with E-state index in [1.165, 1.54) is 32.1 Å². The van der Waals surface area contributed by atoms with E-state index in [0.717, 1.165) is 11.4 Å². The summed E-state index contributed by atoms with van der Waals surface area (Å²) in [6.45, 7) is 0.490. The highest BCUT2D eigenvalue weighted by Gasteiger charge is 2.14. The maximum atomic E-state index is 12.1. The molecule has 5 nitrogen and oxygen atoms in total. The first-order chi connectivity index (χ1) is 11.3. The summed E-state index contributed by atoms with van der Waals surface area (Å²) in [7, 11) is 0. The smallest absolute Gasteiger partial charge is 0.272 e. The van der Waals surface area contributed by atoms with E-state index in [2.05, 4.69) is 20.8 Å². The van der Waals surface area contributed by atoms with Crippen LogP contribution in [-0.2, 0) is 6.54 Å². The fourth-order valence-corrected chi connectivity index (χ4v) is 2.86. The summed E-state index contributed by atoms with van der Waals surface area (Å²) in [4.78, 5) is 12.1. The summed E-state index contributed by atoms with van der Waals surface area (Å²) >= 11 is 0. The maximum absolute atomic E-state index is 12.1. The largest absolute Gasteiger partial charge is 0.366 e. The molecule has 23 heavy (non-hydrogen) atoms. The standard InChI is InChI=1S/C18H22N4O/c23-18(19-13-14-7-3-1-4-8-14)16-11-12-17(22-21-16)20-15-9-5-2-6-10-15/h1,3-4,7-8,11-12,15H,2,5-6,9-10,13H2,(H,19,23)(H,20,22). The minimum atomic E-state index is -0.203. The van der Waals surface area contributed by atoms with Crippen molar-refractivity contribution in [3.8, 4) is 0 Å². The molecule has 1 amide bonds. The van der Waals surface area contributed by atoms with Gasteiger partial charge in [0.25, 0.3) is 5.91 Å². The third-order valence-corrected chi connectivity index (χ3v) is 4.15. The molecule has 0 saturated heterocycles. The minimum Gasteiger partial charge on any atom is -0.366 e. The number of benzene rings is 1. The van der Waals surface area contributed by atoms with E-state index in [4.69, 9.17) is 0 Å². The predicted molar refractivity (Wildman–Crippen MR) is 90.1 cm³/mol. The number of carbonyl (C=O) groups excluding carboxylic acids is 1. The molecule has 5 heteroatoms. The lowest BCUT2D eigenvalue weighted by molar-refractivity contribution is 0.0945. The Hall–Kier alpha value is -2.43. The summed E-state index contributed by atoms with van der Waals surface area (Å²) in [5.41, 5.74) is 1.40. The Balaban J connectivity index is 1.52. The Kier molecular flexibility index (Phi) is 5.19. The van der Waals surface area contributed by atoms with E-state index in [1.807, 2.05) is 36.4 Å². The summed E-state index contributed by atoms with van der Waals surface area (Å²) < 4.78 is 0. The van der Waals surface area contributed by atoms with Crippen molar-refractivity contribution in [2.75, 3.05) is 5.32 Å². The molecule has 1 heterocycles. The van der Waals surface area contributed by atoms with Crippen molar-refractivity contribution in [1.82, 2.24) is 15.5 Å². The van der Waals surface area contributed by atoms with E-state index < -0.39 is 0 Å². The first-order valence-electron chi connectivity index (χ1n) is 8.23. The van der Waals surface area contributed by atoms with Crippen LogP contribution in [0.25, 0.3) is 0 Å². The molecule has 0 spiro atoms. The number of hydrogen-bond acceptors (Lipinski definition) is 4. The fourth-order valence-electron chi connectivity index (χ4n) is 2.86. The van der Waals surface area contributed by atoms with Crippen molar-refractivity contribution in [2.24, 2.45) is 0 Å². The molecule has 1 aliphatic rings. The van der Waals surface area contributed by atoms with Gasteiger partial charge in [0.2, 0.25) is 0 Å². The Morgan fingerprint density at radius 1 is 1.00 bits per heavy atom. The van der Waals surface area contributed by atoms with E-state index in [1.54, 1.807) is 6.07 Å². The summed E-state index contributed by atoms with van der Waals surface area (Å²) in [5, 5.41) is 14.4. The zero-order chi connectivity index (χ0) is 15.9. The molecular weight excluding hydrogens is 288 g/mol. The molecular formula is C18H22N4O. The number of aromatic nitrogens is 2. The first-order valence-corrected chi connectivity index (χ1v) is 8.23. The Morgan fingerprint density at radius 2 is 1.78 bits per heavy atom. The lowest BCUT2D eigenvalue weighted by Gasteiger charge is -2.22. The van der Waals surface area contributed by atoms with Crippen molar-refractivity contribution in [2.45, 2.75) is 44.7 Å². The van der Waals surface area contributed by atoms with Crippen LogP contribution in [0.3, 0.4) is 0 Å². The second kappa shape index (κ2) is 7.72. The van der Waals surface area contributed by atoms with Gasteiger partial charge in [-0.25, -0.2) is 0 Å². The van der Waals surface area contributed by atoms with Gasteiger partial charge in [-0.3, -0.25) is 4.79 Å². The Labute approximate surface area is 136 Å². The first kappa shape index (κ1) is 15.5. The highest BCUT2D eigenvalue weighted by molar-refractivity contribution is 5.92. The summed E-state index contributed by atoms with van der Waals surface area (Å²) in [5.74, 6) is 0.544. The third kappa shape index (κ3) is 4.52. The van der Waals surface area contributed by atoms with Crippen LogP contribution in [0, 0.1) is 0 Å². The van der Waals surface area contributed by atoms with Crippen LogP contribution in [0.2, 0.25) is 0 Å². The molecule has 0 radical (unpaired) electrons.